The highest BCUT2D eigenvalue weighted by Crippen LogP contribution is 2.34. The fourth-order valence-corrected chi connectivity index (χ4v) is 3.35. The summed E-state index contributed by atoms with van der Waals surface area (Å²) in [7, 11) is 0. The number of nitrogens with zero attached hydrogens (tertiary/aromatic N) is 1. The highest BCUT2D eigenvalue weighted by Gasteiger charge is 2.40. The summed E-state index contributed by atoms with van der Waals surface area (Å²) < 4.78 is 5.46. The normalized spacial score (nSPS) is 17.7. The predicted octanol–water partition coefficient (Wildman–Crippen LogP) is 1.73. The number of benzene rings is 1. The van der Waals surface area contributed by atoms with Gasteiger partial charge in [-0.15, -0.1) is 0 Å². The predicted molar refractivity (Wildman–Crippen MR) is 91.1 cm³/mol. The number of carboxylic acid groups (broad SMARTS) is 1. The number of ether oxygens (including phenoxy) is 1. The zero-order valence-corrected chi connectivity index (χ0v) is 13.9. The molecular weight excluding hydrogens is 338 g/mol. The van der Waals surface area contributed by atoms with Gasteiger partial charge in [0.15, 0.2) is 6.04 Å². The Hall–Kier alpha value is -1.90. The second-order valence-corrected chi connectivity index (χ2v) is 6.27. The van der Waals surface area contributed by atoms with Gasteiger partial charge in [-0.05, 0) is 30.7 Å². The number of thioether (sulfide) groups is 1. The number of rotatable bonds is 6. The molecule has 6 nitrogen and oxygen atoms in total. The van der Waals surface area contributed by atoms with E-state index >= 15 is 0 Å². The number of carboxylic acids is 1. The molecule has 1 aromatic carbocycles. The van der Waals surface area contributed by atoms with Crippen molar-refractivity contribution in [3.63, 3.8) is 0 Å². The van der Waals surface area contributed by atoms with Crippen molar-refractivity contribution < 1.29 is 24.5 Å². The van der Waals surface area contributed by atoms with Gasteiger partial charge in [-0.2, -0.15) is 0 Å². The number of aliphatic hydroxyl groups is 1. The molecule has 1 fully saturated rings. The lowest BCUT2D eigenvalue weighted by molar-refractivity contribution is -0.146. The number of hydrogen-bond donors (Lipinski definition) is 2. The highest BCUT2D eigenvalue weighted by molar-refractivity contribution is 8.26. The Labute approximate surface area is 142 Å². The van der Waals surface area contributed by atoms with Crippen LogP contribution >= 0.6 is 24.0 Å². The smallest absolute Gasteiger partial charge is 0.329 e. The van der Waals surface area contributed by atoms with Crippen molar-refractivity contribution in [3.05, 3.63) is 34.7 Å². The average Bonchev–Trinajstić information content (AvgIpc) is 2.78. The molecule has 2 rings (SSSR count). The molecule has 0 aromatic heterocycles. The van der Waals surface area contributed by atoms with Crippen molar-refractivity contribution in [1.29, 1.82) is 0 Å². The van der Waals surface area contributed by atoms with Crippen LogP contribution in [0.15, 0.2) is 29.2 Å². The number of thiocarbonyl (C=S) groups is 1. The first-order valence-corrected chi connectivity index (χ1v) is 8.04. The zero-order valence-electron chi connectivity index (χ0n) is 12.3. The van der Waals surface area contributed by atoms with Gasteiger partial charge in [0.1, 0.15) is 10.1 Å². The van der Waals surface area contributed by atoms with Crippen LogP contribution in [-0.4, -0.2) is 50.6 Å². The molecule has 0 aliphatic carbocycles. The second-order valence-electron chi connectivity index (χ2n) is 4.59. The molecule has 1 aliphatic rings. The van der Waals surface area contributed by atoms with Crippen LogP contribution in [0.2, 0.25) is 0 Å². The Kier molecular flexibility index (Phi) is 5.75. The Balaban J connectivity index is 2.22. The molecule has 1 aromatic rings. The molecule has 0 radical (unpaired) electrons. The summed E-state index contributed by atoms with van der Waals surface area (Å²) in [6.07, 6.45) is 1.63. The van der Waals surface area contributed by atoms with E-state index < -0.39 is 24.5 Å². The first kappa shape index (κ1) is 17.5. The molecular formula is C15H15NO5S2. The number of carbonyl (C=O) groups is 2. The average molecular weight is 353 g/mol. The Morgan fingerprint density at radius 2 is 2.09 bits per heavy atom. The van der Waals surface area contributed by atoms with E-state index in [1.54, 1.807) is 30.3 Å². The van der Waals surface area contributed by atoms with E-state index in [9.17, 15) is 14.7 Å². The Bertz CT molecular complexity index is 656. The third kappa shape index (κ3) is 3.90. The third-order valence-electron chi connectivity index (χ3n) is 3.08. The van der Waals surface area contributed by atoms with Crippen LogP contribution in [0.5, 0.6) is 5.75 Å². The van der Waals surface area contributed by atoms with Gasteiger partial charge in [0.25, 0.3) is 5.91 Å². The first-order chi connectivity index (χ1) is 11.0. The molecule has 1 saturated heterocycles. The molecule has 8 heteroatoms. The van der Waals surface area contributed by atoms with E-state index in [1.165, 1.54) is 0 Å². The van der Waals surface area contributed by atoms with Crippen molar-refractivity contribution in [2.75, 3.05) is 13.2 Å². The van der Waals surface area contributed by atoms with Gasteiger partial charge in [-0.1, -0.05) is 36.1 Å². The zero-order chi connectivity index (χ0) is 17.0. The van der Waals surface area contributed by atoms with Crippen LogP contribution in [0.4, 0.5) is 0 Å². The summed E-state index contributed by atoms with van der Waals surface area (Å²) in [5.74, 6) is -1.09. The molecule has 0 spiro atoms. The van der Waals surface area contributed by atoms with Gasteiger partial charge in [0, 0.05) is 0 Å². The molecule has 1 unspecified atom stereocenters. The second kappa shape index (κ2) is 7.58. The van der Waals surface area contributed by atoms with E-state index in [0.29, 0.717) is 11.5 Å². The van der Waals surface area contributed by atoms with Crippen molar-refractivity contribution in [2.45, 2.75) is 13.0 Å². The first-order valence-electron chi connectivity index (χ1n) is 6.81. The van der Waals surface area contributed by atoms with Crippen LogP contribution in [-0.2, 0) is 9.59 Å². The Morgan fingerprint density at radius 1 is 1.43 bits per heavy atom. The highest BCUT2D eigenvalue weighted by atomic mass is 32.2. The van der Waals surface area contributed by atoms with Crippen LogP contribution < -0.4 is 4.74 Å². The summed E-state index contributed by atoms with van der Waals surface area (Å²) in [5.41, 5.74) is 0.768. The number of aliphatic carboxylic acids is 1. The Morgan fingerprint density at radius 3 is 2.61 bits per heavy atom. The maximum Gasteiger partial charge on any atom is 0.329 e. The standard InChI is InChI=1S/C15H15NO5S2/c1-2-21-10-5-3-9(4-6-10)7-12-13(18)16(15(22)23-12)11(8-17)14(19)20/h3-7,11,17H,2,8H2,1H3,(H,19,20)/b12-7-. The van der Waals surface area contributed by atoms with Crippen LogP contribution in [0, 0.1) is 0 Å². The van der Waals surface area contributed by atoms with E-state index in [2.05, 4.69) is 0 Å². The monoisotopic (exact) mass is 353 g/mol. The van der Waals surface area contributed by atoms with E-state index in [-0.39, 0.29) is 4.32 Å². The van der Waals surface area contributed by atoms with Crippen LogP contribution in [0.1, 0.15) is 12.5 Å². The van der Waals surface area contributed by atoms with Gasteiger partial charge in [0.2, 0.25) is 0 Å². The van der Waals surface area contributed by atoms with Crippen molar-refractivity contribution in [2.24, 2.45) is 0 Å². The molecule has 2 N–H and O–H groups in total. The minimum Gasteiger partial charge on any atom is -0.494 e. The van der Waals surface area contributed by atoms with E-state index in [0.717, 1.165) is 28.0 Å². The number of carbonyl (C=O) groups excluding carboxylic acids is 1. The summed E-state index contributed by atoms with van der Waals surface area (Å²) in [6.45, 7) is 1.76. The molecule has 122 valence electrons. The van der Waals surface area contributed by atoms with Crippen molar-refractivity contribution >= 4 is 46.3 Å². The largest absolute Gasteiger partial charge is 0.494 e. The minimum absolute atomic E-state index is 0.119. The molecule has 1 heterocycles. The van der Waals surface area contributed by atoms with Gasteiger partial charge < -0.3 is 14.9 Å². The topological polar surface area (TPSA) is 87.1 Å². The van der Waals surface area contributed by atoms with Gasteiger partial charge in [-0.25, -0.2) is 4.79 Å². The van der Waals surface area contributed by atoms with Gasteiger partial charge in [0.05, 0.1) is 18.1 Å². The fourth-order valence-electron chi connectivity index (χ4n) is 2.00. The van der Waals surface area contributed by atoms with E-state index in [1.807, 2.05) is 6.92 Å². The summed E-state index contributed by atoms with van der Waals surface area (Å²) in [5, 5.41) is 18.2. The molecule has 23 heavy (non-hydrogen) atoms. The lowest BCUT2D eigenvalue weighted by atomic mass is 10.2. The summed E-state index contributed by atoms with van der Waals surface area (Å²) in [6, 6.07) is 5.78. The number of hydrogen-bond acceptors (Lipinski definition) is 6. The van der Waals surface area contributed by atoms with Crippen LogP contribution in [0.25, 0.3) is 6.08 Å². The molecule has 0 bridgehead atoms. The lowest BCUT2D eigenvalue weighted by Gasteiger charge is -2.20. The quantitative estimate of drug-likeness (QED) is 0.595. The van der Waals surface area contributed by atoms with Crippen molar-refractivity contribution in [3.8, 4) is 5.75 Å². The van der Waals surface area contributed by atoms with Crippen molar-refractivity contribution in [1.82, 2.24) is 4.90 Å². The van der Waals surface area contributed by atoms with E-state index in [4.69, 9.17) is 22.1 Å². The third-order valence-corrected chi connectivity index (χ3v) is 4.41. The maximum absolute atomic E-state index is 12.3. The summed E-state index contributed by atoms with van der Waals surface area (Å²) in [4.78, 5) is 24.7. The molecule has 1 atom stereocenters. The fraction of sp³-hybridized carbons (Fsp3) is 0.267. The molecule has 0 saturated carbocycles. The number of amides is 1. The minimum atomic E-state index is -1.37. The summed E-state index contributed by atoms with van der Waals surface area (Å²) >= 11 is 6.08. The molecule has 1 amide bonds. The van der Waals surface area contributed by atoms with Gasteiger partial charge in [-0.3, -0.25) is 9.69 Å². The van der Waals surface area contributed by atoms with Gasteiger partial charge >= 0.3 is 5.97 Å². The number of aliphatic hydroxyl groups excluding tert-OH is 1. The molecule has 1 aliphatic heterocycles. The lowest BCUT2D eigenvalue weighted by Crippen LogP contribution is -2.46. The SMILES string of the molecule is CCOc1ccc(/C=C2\SC(=S)N(C(CO)C(=O)O)C2=O)cc1. The van der Waals surface area contributed by atoms with Crippen LogP contribution in [0.3, 0.4) is 0 Å². The maximum atomic E-state index is 12.3.